The van der Waals surface area contributed by atoms with Crippen LogP contribution in [0.3, 0.4) is 0 Å². The van der Waals surface area contributed by atoms with Gasteiger partial charge >= 0.3 is 6.18 Å². The number of aromatic nitrogens is 1. The Labute approximate surface area is 209 Å². The van der Waals surface area contributed by atoms with E-state index in [-0.39, 0.29) is 13.2 Å². The first-order chi connectivity index (χ1) is 17.1. The van der Waals surface area contributed by atoms with Crippen molar-refractivity contribution < 1.29 is 28.2 Å². The van der Waals surface area contributed by atoms with Gasteiger partial charge in [0.15, 0.2) is 11.4 Å². The van der Waals surface area contributed by atoms with Gasteiger partial charge in [-0.2, -0.15) is 13.2 Å². The van der Waals surface area contributed by atoms with Crippen molar-refractivity contribution in [1.82, 2.24) is 9.47 Å². The molecule has 3 atom stereocenters. The van der Waals surface area contributed by atoms with Crippen LogP contribution in [0, 0.1) is 0 Å². The lowest BCUT2D eigenvalue weighted by atomic mass is 9.79. The highest BCUT2D eigenvalue weighted by molar-refractivity contribution is 7.98. The fourth-order valence-corrected chi connectivity index (χ4v) is 6.32. The van der Waals surface area contributed by atoms with Crippen molar-refractivity contribution in [2.24, 2.45) is 0 Å². The molecule has 3 heterocycles. The van der Waals surface area contributed by atoms with Crippen LogP contribution in [-0.2, 0) is 12.4 Å². The maximum absolute atomic E-state index is 13.8. The third-order valence-electron chi connectivity index (χ3n) is 7.04. The van der Waals surface area contributed by atoms with Gasteiger partial charge < -0.3 is 19.7 Å². The summed E-state index contributed by atoms with van der Waals surface area (Å²) in [5, 5.41) is 20.8. The third kappa shape index (κ3) is 3.88. The number of fused-ring (bicyclic) bond motifs is 3. The van der Waals surface area contributed by atoms with Crippen LogP contribution in [0.5, 0.6) is 5.75 Å². The van der Waals surface area contributed by atoms with Crippen LogP contribution >= 0.6 is 11.8 Å². The number of carbonyl (C=O) groups is 1. The van der Waals surface area contributed by atoms with E-state index in [1.807, 2.05) is 36.4 Å². The number of hydrogen-bond donors (Lipinski definition) is 2. The van der Waals surface area contributed by atoms with Gasteiger partial charge in [0.05, 0.1) is 12.6 Å². The number of thioether (sulfide) groups is 1. The highest BCUT2D eigenvalue weighted by atomic mass is 32.2. The number of nitrogens with zero attached hydrogens (tertiary/aromatic N) is 2. The van der Waals surface area contributed by atoms with E-state index in [0.717, 1.165) is 34.6 Å². The summed E-state index contributed by atoms with van der Waals surface area (Å²) in [7, 11) is 0. The average Bonchev–Trinajstić information content (AvgIpc) is 3.02. The molecule has 0 saturated heterocycles. The van der Waals surface area contributed by atoms with Gasteiger partial charge in [-0.3, -0.25) is 9.59 Å². The van der Waals surface area contributed by atoms with E-state index >= 15 is 0 Å². The van der Waals surface area contributed by atoms with Crippen molar-refractivity contribution in [1.29, 1.82) is 0 Å². The Morgan fingerprint density at radius 1 is 1.11 bits per heavy atom. The van der Waals surface area contributed by atoms with Gasteiger partial charge in [-0.15, -0.1) is 11.8 Å². The minimum atomic E-state index is -4.71. The molecule has 0 aliphatic carbocycles. The molecule has 0 saturated carbocycles. The number of amides is 1. The van der Waals surface area contributed by atoms with E-state index in [1.165, 1.54) is 10.8 Å². The van der Waals surface area contributed by atoms with E-state index in [1.54, 1.807) is 17.8 Å². The second kappa shape index (κ2) is 9.01. The molecule has 0 spiro atoms. The minimum absolute atomic E-state index is 0.275. The maximum atomic E-state index is 13.8. The molecule has 2 N–H and O–H groups in total. The van der Waals surface area contributed by atoms with E-state index < -0.39 is 47.0 Å². The lowest BCUT2D eigenvalue weighted by Crippen LogP contribution is -2.54. The largest absolute Gasteiger partial charge is 0.503 e. The van der Waals surface area contributed by atoms with Gasteiger partial charge in [0.1, 0.15) is 6.04 Å². The summed E-state index contributed by atoms with van der Waals surface area (Å²) >= 11 is 1.59. The molecule has 5 rings (SSSR count). The zero-order chi connectivity index (χ0) is 25.8. The van der Waals surface area contributed by atoms with E-state index in [0.29, 0.717) is 16.2 Å². The molecular formula is C26H23F3N2O4S. The number of pyridine rings is 1. The Balaban J connectivity index is 1.81. The molecule has 2 aliphatic rings. The van der Waals surface area contributed by atoms with Crippen LogP contribution in [0.15, 0.2) is 64.4 Å². The Kier molecular flexibility index (Phi) is 6.12. The average molecular weight is 517 g/mol. The Hall–Kier alpha value is -3.24. The van der Waals surface area contributed by atoms with Crippen LogP contribution in [0.2, 0.25) is 0 Å². The molecule has 6 nitrogen and oxygen atoms in total. The molecule has 1 unspecified atom stereocenters. The SMILES string of the molecule is C[C@@H](N1CC([C@@H]2c3ccccc3SCc3cccc(CO)c32)n2ccc(=O)c(O)c2C1=O)C(F)(F)F. The van der Waals surface area contributed by atoms with Crippen molar-refractivity contribution in [2.75, 3.05) is 6.54 Å². The van der Waals surface area contributed by atoms with Gasteiger partial charge in [0.2, 0.25) is 5.43 Å². The summed E-state index contributed by atoms with van der Waals surface area (Å²) < 4.78 is 42.9. The summed E-state index contributed by atoms with van der Waals surface area (Å²) in [6.07, 6.45) is -3.35. The molecule has 1 amide bonds. The highest BCUT2D eigenvalue weighted by Crippen LogP contribution is 2.49. The summed E-state index contributed by atoms with van der Waals surface area (Å²) in [6, 6.07) is 11.3. The second-order valence-electron chi connectivity index (χ2n) is 8.98. The van der Waals surface area contributed by atoms with Gasteiger partial charge in [-0.1, -0.05) is 36.4 Å². The standard InChI is InChI=1S/C26H23F3N2O4S/c1-14(26(27,28)29)31-11-18(30-10-9-19(33)24(34)23(30)25(31)35)22-17-7-2-3-8-20(17)36-13-16-6-4-5-15(12-32)21(16)22/h2-10,14,18,22,32,34H,11-13H2,1H3/t14-,18?,22+/m1/s1. The number of hydrogen-bond acceptors (Lipinski definition) is 5. The molecule has 1 aromatic heterocycles. The number of aromatic hydroxyl groups is 1. The highest BCUT2D eigenvalue weighted by Gasteiger charge is 2.48. The lowest BCUT2D eigenvalue weighted by molar-refractivity contribution is -0.174. The Bertz CT molecular complexity index is 1400. The quantitative estimate of drug-likeness (QED) is 0.538. The number of aliphatic hydroxyl groups is 1. The molecule has 2 aliphatic heterocycles. The van der Waals surface area contributed by atoms with Gasteiger partial charge in [0.25, 0.3) is 5.91 Å². The van der Waals surface area contributed by atoms with Crippen LogP contribution in [0.25, 0.3) is 0 Å². The molecule has 0 radical (unpaired) electrons. The first kappa shape index (κ1) is 24.5. The fraction of sp³-hybridized carbons (Fsp3) is 0.308. The molecular weight excluding hydrogens is 493 g/mol. The normalized spacial score (nSPS) is 20.2. The number of benzene rings is 2. The maximum Gasteiger partial charge on any atom is 0.408 e. The van der Waals surface area contributed by atoms with E-state index in [9.17, 15) is 33.0 Å². The van der Waals surface area contributed by atoms with Crippen LogP contribution < -0.4 is 5.43 Å². The molecule has 3 aromatic rings. The summed E-state index contributed by atoms with van der Waals surface area (Å²) in [6.45, 7) is 0.313. The topological polar surface area (TPSA) is 82.8 Å². The third-order valence-corrected chi connectivity index (χ3v) is 8.18. The number of halogens is 3. The molecule has 0 bridgehead atoms. The fourth-order valence-electron chi connectivity index (χ4n) is 5.22. The first-order valence-corrected chi connectivity index (χ1v) is 12.4. The Morgan fingerprint density at radius 3 is 2.58 bits per heavy atom. The monoisotopic (exact) mass is 516 g/mol. The smallest absolute Gasteiger partial charge is 0.408 e. The number of rotatable bonds is 3. The first-order valence-electron chi connectivity index (χ1n) is 11.4. The number of carbonyl (C=O) groups excluding carboxylic acids is 1. The number of aliphatic hydroxyl groups excluding tert-OH is 1. The van der Waals surface area contributed by atoms with Gasteiger partial charge in [0, 0.05) is 35.4 Å². The van der Waals surface area contributed by atoms with Crippen molar-refractivity contribution >= 4 is 17.7 Å². The number of alkyl halides is 3. The predicted molar refractivity (Wildman–Crippen MR) is 128 cm³/mol. The van der Waals surface area contributed by atoms with Crippen LogP contribution in [0.4, 0.5) is 13.2 Å². The lowest BCUT2D eigenvalue weighted by Gasteiger charge is -2.43. The summed E-state index contributed by atoms with van der Waals surface area (Å²) in [4.78, 5) is 27.1. The summed E-state index contributed by atoms with van der Waals surface area (Å²) in [5.74, 6) is -1.91. The van der Waals surface area contributed by atoms with E-state index in [4.69, 9.17) is 0 Å². The van der Waals surface area contributed by atoms with Crippen LogP contribution in [-0.4, -0.2) is 44.4 Å². The van der Waals surface area contributed by atoms with Crippen molar-refractivity contribution in [2.45, 2.75) is 48.4 Å². The van der Waals surface area contributed by atoms with Crippen molar-refractivity contribution in [3.63, 3.8) is 0 Å². The Morgan fingerprint density at radius 2 is 1.86 bits per heavy atom. The van der Waals surface area contributed by atoms with Crippen molar-refractivity contribution in [3.05, 3.63) is 92.9 Å². The molecule has 36 heavy (non-hydrogen) atoms. The van der Waals surface area contributed by atoms with Gasteiger partial charge in [-0.25, -0.2) is 0 Å². The van der Waals surface area contributed by atoms with Gasteiger partial charge in [-0.05, 0) is 35.2 Å². The zero-order valence-corrected chi connectivity index (χ0v) is 20.0. The molecule has 0 fully saturated rings. The molecule has 2 aromatic carbocycles. The molecule has 188 valence electrons. The predicted octanol–water partition coefficient (Wildman–Crippen LogP) is 4.43. The minimum Gasteiger partial charge on any atom is -0.503 e. The zero-order valence-electron chi connectivity index (χ0n) is 19.2. The summed E-state index contributed by atoms with van der Waals surface area (Å²) in [5.41, 5.74) is 1.86. The van der Waals surface area contributed by atoms with E-state index in [2.05, 4.69) is 0 Å². The second-order valence-corrected chi connectivity index (χ2v) is 10.00. The van der Waals surface area contributed by atoms with Crippen molar-refractivity contribution in [3.8, 4) is 5.75 Å². The van der Waals surface area contributed by atoms with Crippen LogP contribution in [0.1, 0.15) is 51.6 Å². The molecule has 10 heteroatoms.